The molecule has 0 aliphatic heterocycles. The quantitative estimate of drug-likeness (QED) is 0.781. The van der Waals surface area contributed by atoms with E-state index in [9.17, 15) is 4.79 Å². The van der Waals surface area contributed by atoms with Gasteiger partial charge >= 0.3 is 0 Å². The van der Waals surface area contributed by atoms with Crippen LogP contribution in [0.3, 0.4) is 0 Å². The maximum absolute atomic E-state index is 12.2. The predicted octanol–water partition coefficient (Wildman–Crippen LogP) is 3.34. The molecular formula is C12H13BrClNO. The minimum absolute atomic E-state index is 0.110. The van der Waals surface area contributed by atoms with Crippen molar-refractivity contribution in [2.75, 3.05) is 11.9 Å². The van der Waals surface area contributed by atoms with E-state index in [2.05, 4.69) is 15.9 Å². The summed E-state index contributed by atoms with van der Waals surface area (Å²) in [7, 11) is 0. The molecule has 16 heavy (non-hydrogen) atoms. The first-order chi connectivity index (χ1) is 7.72. The summed E-state index contributed by atoms with van der Waals surface area (Å²) in [4.78, 5) is 14.1. The number of hydrogen-bond donors (Lipinski definition) is 0. The number of hydrogen-bond acceptors (Lipinski definition) is 1. The smallest absolute Gasteiger partial charge is 0.254 e. The lowest BCUT2D eigenvalue weighted by atomic mass is 10.2. The average Bonchev–Trinajstić information content (AvgIpc) is 3.10. The van der Waals surface area contributed by atoms with Crippen molar-refractivity contribution < 1.29 is 4.79 Å². The van der Waals surface area contributed by atoms with E-state index in [1.807, 2.05) is 4.90 Å². The number of nitrogens with zero attached hydrogens (tertiary/aromatic N) is 1. The van der Waals surface area contributed by atoms with Crippen LogP contribution in [0.15, 0.2) is 24.3 Å². The Kier molecular flexibility index (Phi) is 3.87. The Labute approximate surface area is 109 Å². The largest absolute Gasteiger partial charge is 0.335 e. The monoisotopic (exact) mass is 301 g/mol. The Balaban J connectivity index is 2.12. The minimum Gasteiger partial charge on any atom is -0.335 e. The van der Waals surface area contributed by atoms with Gasteiger partial charge in [-0.2, -0.15) is 0 Å². The summed E-state index contributed by atoms with van der Waals surface area (Å²) in [6, 6.07) is 7.53. The summed E-state index contributed by atoms with van der Waals surface area (Å²) >= 11 is 9.18. The van der Waals surface area contributed by atoms with Crippen LogP contribution in [-0.4, -0.2) is 28.7 Å². The van der Waals surface area contributed by atoms with Gasteiger partial charge in [0.05, 0.1) is 0 Å². The average molecular weight is 303 g/mol. The standard InChI is InChI=1S/C12H13BrClNO/c13-7-8-15(11-5-6-11)12(16)9-1-3-10(14)4-2-9/h1-4,11H,5-8H2. The van der Waals surface area contributed by atoms with Crippen molar-refractivity contribution in [3.05, 3.63) is 34.9 Å². The molecule has 1 saturated carbocycles. The van der Waals surface area contributed by atoms with Crippen molar-refractivity contribution in [3.8, 4) is 0 Å². The first-order valence-corrected chi connectivity index (χ1v) is 6.85. The lowest BCUT2D eigenvalue weighted by Gasteiger charge is -2.21. The van der Waals surface area contributed by atoms with Gasteiger partial charge in [0, 0.05) is 28.5 Å². The molecule has 2 rings (SSSR count). The van der Waals surface area contributed by atoms with E-state index < -0.39 is 0 Å². The van der Waals surface area contributed by atoms with E-state index in [-0.39, 0.29) is 5.91 Å². The molecule has 1 fully saturated rings. The molecule has 0 aromatic heterocycles. The highest BCUT2D eigenvalue weighted by Crippen LogP contribution is 2.28. The van der Waals surface area contributed by atoms with Crippen LogP contribution in [0.25, 0.3) is 0 Å². The molecule has 1 aromatic carbocycles. The first-order valence-electron chi connectivity index (χ1n) is 5.35. The van der Waals surface area contributed by atoms with Crippen LogP contribution in [0, 0.1) is 0 Å². The molecule has 0 unspecified atom stereocenters. The van der Waals surface area contributed by atoms with Crippen LogP contribution in [0.2, 0.25) is 5.02 Å². The van der Waals surface area contributed by atoms with Gasteiger partial charge < -0.3 is 4.90 Å². The van der Waals surface area contributed by atoms with Crippen molar-refractivity contribution in [1.82, 2.24) is 4.90 Å². The highest BCUT2D eigenvalue weighted by Gasteiger charge is 2.32. The highest BCUT2D eigenvalue weighted by atomic mass is 79.9. The van der Waals surface area contributed by atoms with Crippen molar-refractivity contribution in [3.63, 3.8) is 0 Å². The van der Waals surface area contributed by atoms with Crippen molar-refractivity contribution in [2.45, 2.75) is 18.9 Å². The fourth-order valence-corrected chi connectivity index (χ4v) is 2.19. The molecule has 1 aromatic rings. The molecule has 0 saturated heterocycles. The second-order valence-electron chi connectivity index (χ2n) is 3.93. The highest BCUT2D eigenvalue weighted by molar-refractivity contribution is 9.09. The fraction of sp³-hybridized carbons (Fsp3) is 0.417. The normalized spacial score (nSPS) is 14.9. The van der Waals surface area contributed by atoms with E-state index in [4.69, 9.17) is 11.6 Å². The Morgan fingerprint density at radius 3 is 2.50 bits per heavy atom. The molecule has 86 valence electrons. The van der Waals surface area contributed by atoms with Crippen LogP contribution in [0.4, 0.5) is 0 Å². The summed E-state index contributed by atoms with van der Waals surface area (Å²) < 4.78 is 0. The Morgan fingerprint density at radius 1 is 1.38 bits per heavy atom. The topological polar surface area (TPSA) is 20.3 Å². The van der Waals surface area contributed by atoms with Gasteiger partial charge in [-0.1, -0.05) is 27.5 Å². The number of carbonyl (C=O) groups excluding carboxylic acids is 1. The van der Waals surface area contributed by atoms with Gasteiger partial charge in [0.1, 0.15) is 0 Å². The maximum atomic E-state index is 12.2. The van der Waals surface area contributed by atoms with Gasteiger partial charge in [0.15, 0.2) is 0 Å². The predicted molar refractivity (Wildman–Crippen MR) is 69.3 cm³/mol. The zero-order valence-electron chi connectivity index (χ0n) is 8.83. The fourth-order valence-electron chi connectivity index (χ4n) is 1.69. The lowest BCUT2D eigenvalue weighted by molar-refractivity contribution is 0.0754. The molecule has 0 spiro atoms. The maximum Gasteiger partial charge on any atom is 0.254 e. The molecular weight excluding hydrogens is 289 g/mol. The number of amides is 1. The van der Waals surface area contributed by atoms with Crippen LogP contribution in [-0.2, 0) is 0 Å². The van der Waals surface area contributed by atoms with Crippen molar-refractivity contribution in [2.24, 2.45) is 0 Å². The molecule has 0 N–H and O–H groups in total. The van der Waals surface area contributed by atoms with Crippen LogP contribution in [0.1, 0.15) is 23.2 Å². The second kappa shape index (κ2) is 5.19. The number of halogens is 2. The Hall–Kier alpha value is -0.540. The second-order valence-corrected chi connectivity index (χ2v) is 5.16. The lowest BCUT2D eigenvalue weighted by Crippen LogP contribution is -2.34. The minimum atomic E-state index is 0.110. The summed E-state index contributed by atoms with van der Waals surface area (Å²) in [5.74, 6) is 0.110. The van der Waals surface area contributed by atoms with Crippen LogP contribution < -0.4 is 0 Å². The summed E-state index contributed by atoms with van der Waals surface area (Å²) in [6.45, 7) is 0.770. The zero-order chi connectivity index (χ0) is 11.5. The summed E-state index contributed by atoms with van der Waals surface area (Å²) in [5.41, 5.74) is 0.720. The van der Waals surface area contributed by atoms with Gasteiger partial charge in [-0.3, -0.25) is 4.79 Å². The van der Waals surface area contributed by atoms with E-state index in [0.29, 0.717) is 11.1 Å². The van der Waals surface area contributed by atoms with Gasteiger partial charge in [0.2, 0.25) is 0 Å². The van der Waals surface area contributed by atoms with Gasteiger partial charge in [-0.25, -0.2) is 0 Å². The molecule has 0 bridgehead atoms. The number of rotatable bonds is 4. The molecule has 0 heterocycles. The molecule has 0 atom stereocenters. The van der Waals surface area contributed by atoms with Crippen LogP contribution in [0.5, 0.6) is 0 Å². The van der Waals surface area contributed by atoms with E-state index in [1.54, 1.807) is 24.3 Å². The Morgan fingerprint density at radius 2 is 2.00 bits per heavy atom. The number of alkyl halides is 1. The summed E-state index contributed by atoms with van der Waals surface area (Å²) in [5, 5.41) is 1.48. The Bertz CT molecular complexity index is 375. The molecule has 0 radical (unpaired) electrons. The molecule has 4 heteroatoms. The molecule has 1 aliphatic rings. The van der Waals surface area contributed by atoms with Gasteiger partial charge in [-0.15, -0.1) is 0 Å². The molecule has 2 nitrogen and oxygen atoms in total. The van der Waals surface area contributed by atoms with E-state index >= 15 is 0 Å². The van der Waals surface area contributed by atoms with Gasteiger partial charge in [0.25, 0.3) is 5.91 Å². The summed E-state index contributed by atoms with van der Waals surface area (Å²) in [6.07, 6.45) is 2.26. The van der Waals surface area contributed by atoms with Crippen molar-refractivity contribution in [1.29, 1.82) is 0 Å². The third kappa shape index (κ3) is 2.77. The number of benzene rings is 1. The third-order valence-corrected chi connectivity index (χ3v) is 3.27. The molecule has 1 amide bonds. The SMILES string of the molecule is O=C(c1ccc(Cl)cc1)N(CCBr)C1CC1. The van der Waals surface area contributed by atoms with Crippen molar-refractivity contribution >= 4 is 33.4 Å². The molecule has 1 aliphatic carbocycles. The zero-order valence-corrected chi connectivity index (χ0v) is 11.2. The van der Waals surface area contributed by atoms with E-state index in [1.165, 1.54) is 0 Å². The third-order valence-electron chi connectivity index (χ3n) is 2.67. The van der Waals surface area contributed by atoms with Crippen LogP contribution >= 0.6 is 27.5 Å². The van der Waals surface area contributed by atoms with Gasteiger partial charge in [-0.05, 0) is 37.1 Å². The number of carbonyl (C=O) groups is 1. The first kappa shape index (κ1) is 11.9. The van der Waals surface area contributed by atoms with E-state index in [0.717, 1.165) is 30.3 Å².